The molecule has 0 radical (unpaired) electrons. The molecule has 0 unspecified atom stereocenters. The van der Waals surface area contributed by atoms with Crippen LogP contribution in [0.25, 0.3) is 0 Å². The summed E-state index contributed by atoms with van der Waals surface area (Å²) in [4.78, 5) is 0. The van der Waals surface area contributed by atoms with Crippen molar-refractivity contribution >= 4 is 18.7 Å². The van der Waals surface area contributed by atoms with Crippen molar-refractivity contribution in [1.29, 1.82) is 0 Å². The molecule has 4 heteroatoms. The van der Waals surface area contributed by atoms with Gasteiger partial charge in [-0.1, -0.05) is 45.0 Å². The van der Waals surface area contributed by atoms with Gasteiger partial charge in [0.2, 0.25) is 0 Å². The van der Waals surface area contributed by atoms with Crippen LogP contribution in [0.4, 0.5) is 0 Å². The van der Waals surface area contributed by atoms with Gasteiger partial charge in [-0.05, 0) is 61.0 Å². The fourth-order valence-electron chi connectivity index (χ4n) is 5.35. The van der Waals surface area contributed by atoms with Crippen molar-refractivity contribution < 1.29 is 9.31 Å². The lowest BCUT2D eigenvalue weighted by molar-refractivity contribution is -0.199. The summed E-state index contributed by atoms with van der Waals surface area (Å²) < 4.78 is 12.8. The Bertz CT molecular complexity index is 634. The van der Waals surface area contributed by atoms with Crippen LogP contribution in [0.3, 0.4) is 0 Å². The van der Waals surface area contributed by atoms with Gasteiger partial charge in [0.1, 0.15) is 0 Å². The Morgan fingerprint density at radius 1 is 1.25 bits per heavy atom. The number of benzene rings is 1. The first-order valence-electron chi connectivity index (χ1n) is 9.39. The maximum atomic E-state index is 6.73. The number of rotatable bonds is 4. The summed E-state index contributed by atoms with van der Waals surface area (Å²) in [6, 6.07) is 8.68. The first-order chi connectivity index (χ1) is 11.3. The monoisotopic (exact) mass is 346 g/mol. The van der Waals surface area contributed by atoms with E-state index in [-0.39, 0.29) is 24.1 Å². The van der Waals surface area contributed by atoms with Crippen LogP contribution in [0.15, 0.2) is 24.3 Å². The third kappa shape index (κ3) is 2.47. The van der Waals surface area contributed by atoms with Crippen LogP contribution in [-0.4, -0.2) is 24.1 Å². The van der Waals surface area contributed by atoms with Gasteiger partial charge >= 0.3 is 7.12 Å². The summed E-state index contributed by atoms with van der Waals surface area (Å²) in [7, 11) is -0.290. The van der Waals surface area contributed by atoms with Crippen molar-refractivity contribution in [3.05, 3.63) is 35.4 Å². The molecule has 5 rings (SSSR count). The highest BCUT2D eigenvalue weighted by molar-refractivity contribution is 6.60. The molecule has 4 fully saturated rings. The molecular weight excluding hydrogens is 318 g/mol. The van der Waals surface area contributed by atoms with Crippen molar-refractivity contribution in [3.63, 3.8) is 0 Å². The summed E-state index contributed by atoms with van der Waals surface area (Å²) in [5.41, 5.74) is 2.83. The van der Waals surface area contributed by atoms with E-state index in [1.54, 1.807) is 0 Å². The second-order valence-corrected chi connectivity index (χ2v) is 9.29. The normalized spacial score (nSPS) is 37.7. The molecule has 5 atom stereocenters. The Labute approximate surface area is 151 Å². The number of aryl methyl sites for hydroxylation is 1. The van der Waals surface area contributed by atoms with Crippen LogP contribution >= 0.6 is 11.6 Å². The lowest BCUT2D eigenvalue weighted by Gasteiger charge is -2.64. The zero-order valence-corrected chi connectivity index (χ0v) is 16.0. The van der Waals surface area contributed by atoms with E-state index < -0.39 is 0 Å². The summed E-state index contributed by atoms with van der Waals surface area (Å²) in [6.07, 6.45) is 4.45. The molecule has 2 nitrogen and oxygen atoms in total. The highest BCUT2D eigenvalue weighted by Gasteiger charge is 2.68. The maximum absolute atomic E-state index is 6.73. The Morgan fingerprint density at radius 2 is 2.00 bits per heavy atom. The van der Waals surface area contributed by atoms with Crippen molar-refractivity contribution in [2.24, 2.45) is 17.3 Å². The minimum absolute atomic E-state index is 0.139. The van der Waals surface area contributed by atoms with Crippen LogP contribution in [0.5, 0.6) is 0 Å². The van der Waals surface area contributed by atoms with Crippen molar-refractivity contribution in [2.75, 3.05) is 0 Å². The van der Waals surface area contributed by atoms with Crippen LogP contribution in [0.1, 0.15) is 51.7 Å². The van der Waals surface area contributed by atoms with Gasteiger partial charge in [-0.3, -0.25) is 0 Å². The highest BCUT2D eigenvalue weighted by Crippen LogP contribution is 2.65. The quantitative estimate of drug-likeness (QED) is 0.583. The number of halogens is 1. The van der Waals surface area contributed by atoms with Gasteiger partial charge in [0, 0.05) is 0 Å². The molecule has 3 aliphatic carbocycles. The molecule has 2 bridgehead atoms. The largest absolute Gasteiger partial charge is 0.477 e. The predicted molar refractivity (Wildman–Crippen MR) is 99.3 cm³/mol. The summed E-state index contributed by atoms with van der Waals surface area (Å²) in [6.45, 7) is 9.21. The third-order valence-electron chi connectivity index (χ3n) is 7.09. The highest BCUT2D eigenvalue weighted by atomic mass is 35.5. The molecule has 0 spiro atoms. The van der Waals surface area contributed by atoms with Gasteiger partial charge in [-0.15, -0.1) is 11.6 Å². The summed E-state index contributed by atoms with van der Waals surface area (Å²) >= 11 is 6.73. The van der Waals surface area contributed by atoms with Gasteiger partial charge in [0.05, 0.1) is 17.0 Å². The van der Waals surface area contributed by atoms with Crippen LogP contribution in [0, 0.1) is 17.3 Å². The van der Waals surface area contributed by atoms with Crippen molar-refractivity contribution in [1.82, 2.24) is 0 Å². The van der Waals surface area contributed by atoms with E-state index in [0.29, 0.717) is 11.3 Å². The third-order valence-corrected chi connectivity index (χ3v) is 7.45. The second kappa shape index (κ2) is 5.76. The van der Waals surface area contributed by atoms with E-state index in [4.69, 9.17) is 20.9 Å². The summed E-state index contributed by atoms with van der Waals surface area (Å²) in [5, 5.41) is -0.139. The molecular formula is C20H28BClO2. The van der Waals surface area contributed by atoms with E-state index in [0.717, 1.165) is 25.2 Å². The summed E-state index contributed by atoms with van der Waals surface area (Å²) in [5.74, 6) is 1.36. The minimum atomic E-state index is -0.290. The Balaban J connectivity index is 1.46. The number of alkyl halides is 1. The van der Waals surface area contributed by atoms with E-state index in [1.165, 1.54) is 17.5 Å². The molecule has 0 amide bonds. The number of hydrogen-bond acceptors (Lipinski definition) is 2. The standard InChI is InChI=1S/C20H28BClO2/c1-5-13-7-6-8-14(9-13)10-18(22)21-23-17-12-15-11-16(19(15,2)3)20(17,4)24-21/h6-9,15-18H,5,10-12H2,1-4H3/t15-,16-,17+,18+,20-/m0/s1. The van der Waals surface area contributed by atoms with E-state index in [1.807, 2.05) is 0 Å². The predicted octanol–water partition coefficient (Wildman–Crippen LogP) is 4.67. The second-order valence-electron chi connectivity index (χ2n) is 8.73. The first-order valence-corrected chi connectivity index (χ1v) is 9.83. The smallest absolute Gasteiger partial charge is 0.404 e. The molecule has 1 aromatic rings. The first kappa shape index (κ1) is 16.9. The molecule has 1 heterocycles. The minimum Gasteiger partial charge on any atom is -0.404 e. The van der Waals surface area contributed by atoms with Crippen LogP contribution in [0.2, 0.25) is 0 Å². The average Bonchev–Trinajstić information content (AvgIpc) is 2.92. The molecule has 1 aliphatic heterocycles. The fraction of sp³-hybridized carbons (Fsp3) is 0.700. The van der Waals surface area contributed by atoms with Gasteiger partial charge in [0.15, 0.2) is 0 Å². The van der Waals surface area contributed by atoms with E-state index in [2.05, 4.69) is 52.0 Å². The molecule has 130 valence electrons. The Hall–Kier alpha value is -0.505. The molecule has 3 saturated carbocycles. The SMILES string of the molecule is CCc1cccc(C[C@@H](Cl)B2O[C@@H]3C[C@@H]4C[C@@H](C4(C)C)[C@]3(C)O2)c1. The van der Waals surface area contributed by atoms with Crippen molar-refractivity contribution in [2.45, 2.75) is 70.4 Å². The topological polar surface area (TPSA) is 18.5 Å². The van der Waals surface area contributed by atoms with Gasteiger partial charge in [0.25, 0.3) is 0 Å². The molecule has 0 aromatic heterocycles. The van der Waals surface area contributed by atoms with Gasteiger partial charge < -0.3 is 9.31 Å². The van der Waals surface area contributed by atoms with Crippen LogP contribution in [-0.2, 0) is 22.2 Å². The Morgan fingerprint density at radius 3 is 2.71 bits per heavy atom. The van der Waals surface area contributed by atoms with Gasteiger partial charge in [-0.2, -0.15) is 0 Å². The number of hydrogen-bond donors (Lipinski definition) is 0. The lowest BCUT2D eigenvalue weighted by Crippen LogP contribution is -2.65. The van der Waals surface area contributed by atoms with E-state index in [9.17, 15) is 0 Å². The molecule has 1 saturated heterocycles. The zero-order valence-electron chi connectivity index (χ0n) is 15.2. The van der Waals surface area contributed by atoms with Gasteiger partial charge in [-0.25, -0.2) is 0 Å². The molecule has 0 N–H and O–H groups in total. The van der Waals surface area contributed by atoms with Crippen LogP contribution < -0.4 is 0 Å². The fourth-order valence-corrected chi connectivity index (χ4v) is 5.64. The van der Waals surface area contributed by atoms with E-state index >= 15 is 0 Å². The molecule has 1 aromatic carbocycles. The Kier molecular flexibility index (Phi) is 4.06. The zero-order chi connectivity index (χ0) is 17.1. The van der Waals surface area contributed by atoms with Crippen molar-refractivity contribution in [3.8, 4) is 0 Å². The maximum Gasteiger partial charge on any atom is 0.477 e. The average molecular weight is 347 g/mol. The molecule has 4 aliphatic rings. The lowest BCUT2D eigenvalue weighted by atomic mass is 9.43. The molecule has 24 heavy (non-hydrogen) atoms.